The van der Waals surface area contributed by atoms with Crippen molar-refractivity contribution >= 4 is 5.69 Å². The number of para-hydroxylation sites is 1. The van der Waals surface area contributed by atoms with Crippen molar-refractivity contribution in [2.75, 3.05) is 34.4 Å². The SMILES string of the molecule is COc1ccccc1-c1c2c(cc(OC)c1OC)CCN(CCc1ccc([N+](=O)[O-])cc1)C2. The molecule has 0 fully saturated rings. The topological polar surface area (TPSA) is 74.1 Å². The van der Waals surface area contributed by atoms with Crippen molar-refractivity contribution < 1.29 is 19.1 Å². The van der Waals surface area contributed by atoms with Crippen LogP contribution in [-0.4, -0.2) is 44.2 Å². The maximum absolute atomic E-state index is 10.9. The van der Waals surface area contributed by atoms with Crippen LogP contribution >= 0.6 is 0 Å². The van der Waals surface area contributed by atoms with E-state index in [0.717, 1.165) is 60.7 Å². The summed E-state index contributed by atoms with van der Waals surface area (Å²) in [6.45, 7) is 2.56. The molecule has 3 aromatic carbocycles. The van der Waals surface area contributed by atoms with Crippen LogP contribution in [0.1, 0.15) is 16.7 Å². The third kappa shape index (κ3) is 4.64. The summed E-state index contributed by atoms with van der Waals surface area (Å²) in [6, 6.07) is 16.9. The molecule has 0 amide bonds. The Morgan fingerprint density at radius 3 is 2.36 bits per heavy atom. The second-order valence-electron chi connectivity index (χ2n) is 8.02. The van der Waals surface area contributed by atoms with Gasteiger partial charge in [-0.25, -0.2) is 0 Å². The first-order chi connectivity index (χ1) is 16.0. The van der Waals surface area contributed by atoms with Gasteiger partial charge in [0.05, 0.1) is 26.3 Å². The smallest absolute Gasteiger partial charge is 0.269 e. The molecule has 0 radical (unpaired) electrons. The highest BCUT2D eigenvalue weighted by Crippen LogP contribution is 2.47. The molecule has 0 bridgehead atoms. The molecule has 0 aliphatic carbocycles. The van der Waals surface area contributed by atoms with Gasteiger partial charge in [0.15, 0.2) is 11.5 Å². The minimum absolute atomic E-state index is 0.119. The number of non-ortho nitro benzene ring substituents is 1. The molecule has 7 nitrogen and oxygen atoms in total. The molecule has 0 unspecified atom stereocenters. The largest absolute Gasteiger partial charge is 0.496 e. The highest BCUT2D eigenvalue weighted by molar-refractivity contribution is 5.82. The number of hydrogen-bond acceptors (Lipinski definition) is 6. The lowest BCUT2D eigenvalue weighted by Gasteiger charge is -2.32. The van der Waals surface area contributed by atoms with Crippen molar-refractivity contribution in [2.45, 2.75) is 19.4 Å². The van der Waals surface area contributed by atoms with Crippen molar-refractivity contribution in [1.29, 1.82) is 0 Å². The second-order valence-corrected chi connectivity index (χ2v) is 8.02. The van der Waals surface area contributed by atoms with Gasteiger partial charge in [-0.2, -0.15) is 0 Å². The number of methoxy groups -OCH3 is 3. The van der Waals surface area contributed by atoms with Crippen LogP contribution in [0, 0.1) is 10.1 Å². The number of ether oxygens (including phenoxy) is 3. The highest BCUT2D eigenvalue weighted by Gasteiger charge is 2.27. The molecule has 4 rings (SSSR count). The summed E-state index contributed by atoms with van der Waals surface area (Å²) in [7, 11) is 5.00. The Kier molecular flexibility index (Phi) is 6.79. The first kappa shape index (κ1) is 22.6. The van der Waals surface area contributed by atoms with Crippen LogP contribution in [0.4, 0.5) is 5.69 Å². The second kappa shape index (κ2) is 9.92. The Morgan fingerprint density at radius 2 is 1.70 bits per heavy atom. The number of rotatable bonds is 8. The van der Waals surface area contributed by atoms with Crippen LogP contribution in [0.2, 0.25) is 0 Å². The van der Waals surface area contributed by atoms with E-state index in [1.165, 1.54) is 11.1 Å². The zero-order valence-corrected chi connectivity index (χ0v) is 19.2. The monoisotopic (exact) mass is 448 g/mol. The van der Waals surface area contributed by atoms with Crippen LogP contribution in [-0.2, 0) is 19.4 Å². The van der Waals surface area contributed by atoms with Crippen LogP contribution in [0.15, 0.2) is 54.6 Å². The molecule has 1 aliphatic heterocycles. The van der Waals surface area contributed by atoms with E-state index in [9.17, 15) is 10.1 Å². The summed E-state index contributed by atoms with van der Waals surface area (Å²) in [5.74, 6) is 2.21. The Labute approximate surface area is 193 Å². The zero-order valence-electron chi connectivity index (χ0n) is 19.2. The molecule has 0 spiro atoms. The van der Waals surface area contributed by atoms with Gasteiger partial charge in [0.1, 0.15) is 5.75 Å². The summed E-state index contributed by atoms with van der Waals surface area (Å²) >= 11 is 0. The van der Waals surface area contributed by atoms with Gasteiger partial charge in [0.2, 0.25) is 0 Å². The van der Waals surface area contributed by atoms with E-state index in [-0.39, 0.29) is 10.6 Å². The van der Waals surface area contributed by atoms with Gasteiger partial charge >= 0.3 is 0 Å². The molecular weight excluding hydrogens is 420 g/mol. The van der Waals surface area contributed by atoms with E-state index < -0.39 is 0 Å². The van der Waals surface area contributed by atoms with Gasteiger partial charge in [-0.05, 0) is 41.7 Å². The first-order valence-electron chi connectivity index (χ1n) is 10.9. The van der Waals surface area contributed by atoms with Crippen LogP contribution in [0.3, 0.4) is 0 Å². The van der Waals surface area contributed by atoms with E-state index in [1.54, 1.807) is 33.5 Å². The fraction of sp³-hybridized carbons (Fsp3) is 0.308. The van der Waals surface area contributed by atoms with Gasteiger partial charge in [0.25, 0.3) is 5.69 Å². The number of hydrogen-bond donors (Lipinski definition) is 0. The predicted molar refractivity (Wildman–Crippen MR) is 127 cm³/mol. The van der Waals surface area contributed by atoms with Crippen LogP contribution < -0.4 is 14.2 Å². The van der Waals surface area contributed by atoms with Gasteiger partial charge in [-0.15, -0.1) is 0 Å². The van der Waals surface area contributed by atoms with E-state index in [2.05, 4.69) is 11.0 Å². The number of fused-ring (bicyclic) bond motifs is 1. The van der Waals surface area contributed by atoms with Crippen molar-refractivity contribution in [3.8, 4) is 28.4 Å². The molecule has 0 saturated carbocycles. The Balaban J connectivity index is 1.65. The number of nitro benzene ring substituents is 1. The Bertz CT molecular complexity index is 1140. The average molecular weight is 449 g/mol. The van der Waals surface area contributed by atoms with Crippen molar-refractivity contribution in [3.05, 3.63) is 81.4 Å². The lowest BCUT2D eigenvalue weighted by molar-refractivity contribution is -0.384. The molecule has 1 aliphatic rings. The molecular formula is C26H28N2O5. The van der Waals surface area contributed by atoms with Crippen LogP contribution in [0.25, 0.3) is 11.1 Å². The third-order valence-corrected chi connectivity index (χ3v) is 6.19. The quantitative estimate of drug-likeness (QED) is 0.361. The summed E-state index contributed by atoms with van der Waals surface area (Å²) in [6.07, 6.45) is 1.72. The van der Waals surface area contributed by atoms with Crippen molar-refractivity contribution in [2.24, 2.45) is 0 Å². The first-order valence-corrected chi connectivity index (χ1v) is 10.9. The summed E-state index contributed by atoms with van der Waals surface area (Å²) in [5.41, 5.74) is 5.65. The van der Waals surface area contributed by atoms with Crippen LogP contribution in [0.5, 0.6) is 17.2 Å². The summed E-state index contributed by atoms with van der Waals surface area (Å²) < 4.78 is 17.2. The molecule has 3 aromatic rings. The molecule has 7 heteroatoms. The number of nitrogens with zero attached hydrogens (tertiary/aromatic N) is 2. The van der Waals surface area contributed by atoms with E-state index >= 15 is 0 Å². The molecule has 33 heavy (non-hydrogen) atoms. The molecule has 0 atom stereocenters. The normalized spacial score (nSPS) is 13.3. The zero-order chi connectivity index (χ0) is 23.4. The van der Waals surface area contributed by atoms with Gasteiger partial charge < -0.3 is 14.2 Å². The van der Waals surface area contributed by atoms with Gasteiger partial charge in [0, 0.05) is 42.9 Å². The predicted octanol–water partition coefficient (Wildman–Crippen LogP) is 4.89. The summed E-state index contributed by atoms with van der Waals surface area (Å²) in [5, 5.41) is 10.9. The molecule has 0 saturated heterocycles. The third-order valence-electron chi connectivity index (χ3n) is 6.19. The van der Waals surface area contributed by atoms with Gasteiger partial charge in [-0.3, -0.25) is 15.0 Å². The van der Waals surface area contributed by atoms with Gasteiger partial charge in [-0.1, -0.05) is 30.3 Å². The highest BCUT2D eigenvalue weighted by atomic mass is 16.6. The van der Waals surface area contributed by atoms with E-state index in [4.69, 9.17) is 14.2 Å². The van der Waals surface area contributed by atoms with Crippen molar-refractivity contribution in [1.82, 2.24) is 4.90 Å². The molecule has 0 aromatic heterocycles. The summed E-state index contributed by atoms with van der Waals surface area (Å²) in [4.78, 5) is 12.9. The Morgan fingerprint density at radius 1 is 0.970 bits per heavy atom. The Hall–Kier alpha value is -3.58. The molecule has 0 N–H and O–H groups in total. The standard InChI is InChI=1S/C26H28N2O5/c1-31-23-7-5-4-6-21(23)25-22-17-27(14-12-18-8-10-20(11-9-18)28(29)30)15-13-19(22)16-24(32-2)26(25)33-3/h4-11,16H,12-15,17H2,1-3H3. The fourth-order valence-corrected chi connectivity index (χ4v) is 4.47. The number of nitro groups is 1. The molecule has 1 heterocycles. The minimum atomic E-state index is -0.369. The maximum atomic E-state index is 10.9. The minimum Gasteiger partial charge on any atom is -0.496 e. The molecule has 172 valence electrons. The lowest BCUT2D eigenvalue weighted by Crippen LogP contribution is -2.32. The lowest BCUT2D eigenvalue weighted by atomic mass is 9.89. The fourth-order valence-electron chi connectivity index (χ4n) is 4.47. The number of benzene rings is 3. The van der Waals surface area contributed by atoms with E-state index in [1.807, 2.05) is 36.4 Å². The van der Waals surface area contributed by atoms with E-state index in [0.29, 0.717) is 5.75 Å². The van der Waals surface area contributed by atoms with Crippen molar-refractivity contribution in [3.63, 3.8) is 0 Å². The average Bonchev–Trinajstić information content (AvgIpc) is 2.86. The maximum Gasteiger partial charge on any atom is 0.269 e.